The Morgan fingerprint density at radius 1 is 1.32 bits per heavy atom. The van der Waals surface area contributed by atoms with Gasteiger partial charge in [-0.2, -0.15) is 0 Å². The van der Waals surface area contributed by atoms with Crippen molar-refractivity contribution in [3.05, 3.63) is 34.9 Å². The third kappa shape index (κ3) is 3.71. The molecule has 1 aromatic carbocycles. The summed E-state index contributed by atoms with van der Waals surface area (Å²) in [5.74, 6) is 0.101. The average Bonchev–Trinajstić information content (AvgIpc) is 2.46. The fourth-order valence-corrected chi connectivity index (χ4v) is 2.86. The van der Waals surface area contributed by atoms with Crippen molar-refractivity contribution in [1.82, 2.24) is 0 Å². The highest BCUT2D eigenvalue weighted by Crippen LogP contribution is 2.30. The van der Waals surface area contributed by atoms with E-state index in [1.807, 2.05) is 18.2 Å². The van der Waals surface area contributed by atoms with E-state index in [1.54, 1.807) is 6.07 Å². The van der Waals surface area contributed by atoms with Crippen molar-refractivity contribution >= 4 is 17.6 Å². The number of esters is 1. The van der Waals surface area contributed by atoms with E-state index >= 15 is 0 Å². The van der Waals surface area contributed by atoms with Crippen LogP contribution < -0.4 is 5.73 Å². The van der Waals surface area contributed by atoms with E-state index in [0.717, 1.165) is 31.2 Å². The molecule has 1 aliphatic rings. The molecule has 1 aromatic rings. The number of rotatable bonds is 4. The topological polar surface area (TPSA) is 52.3 Å². The molecular weight excluding hydrogens is 262 g/mol. The van der Waals surface area contributed by atoms with Crippen LogP contribution in [-0.4, -0.2) is 12.5 Å². The first-order valence-corrected chi connectivity index (χ1v) is 7.20. The average molecular weight is 282 g/mol. The van der Waals surface area contributed by atoms with E-state index in [-0.39, 0.29) is 24.4 Å². The summed E-state index contributed by atoms with van der Waals surface area (Å²) in [6.07, 6.45) is 4.17. The van der Waals surface area contributed by atoms with Gasteiger partial charge in [-0.25, -0.2) is 0 Å². The summed E-state index contributed by atoms with van der Waals surface area (Å²) < 4.78 is 5.40. The number of carbonyl (C=O) groups excluding carboxylic acids is 1. The summed E-state index contributed by atoms with van der Waals surface area (Å²) in [5.41, 5.74) is 6.58. The van der Waals surface area contributed by atoms with E-state index in [0.29, 0.717) is 11.6 Å². The van der Waals surface area contributed by atoms with Gasteiger partial charge in [0.2, 0.25) is 0 Å². The predicted molar refractivity (Wildman–Crippen MR) is 75.8 cm³/mol. The van der Waals surface area contributed by atoms with Crippen molar-refractivity contribution in [2.45, 2.75) is 32.3 Å². The highest BCUT2D eigenvalue weighted by molar-refractivity contribution is 6.31. The molecule has 2 unspecified atom stereocenters. The maximum absolute atomic E-state index is 12.1. The van der Waals surface area contributed by atoms with Gasteiger partial charge in [-0.1, -0.05) is 42.6 Å². The molecule has 0 spiro atoms. The lowest BCUT2D eigenvalue weighted by molar-refractivity contribution is -0.153. The van der Waals surface area contributed by atoms with Crippen molar-refractivity contribution in [2.24, 2.45) is 17.6 Å². The Hall–Kier alpha value is -1.06. The first kappa shape index (κ1) is 14.4. The van der Waals surface area contributed by atoms with E-state index in [2.05, 4.69) is 0 Å². The zero-order valence-electron chi connectivity index (χ0n) is 11.0. The van der Waals surface area contributed by atoms with Crippen LogP contribution in [0.15, 0.2) is 24.3 Å². The molecule has 4 heteroatoms. The number of carbonyl (C=O) groups is 1. The fourth-order valence-electron chi connectivity index (χ4n) is 2.67. The van der Waals surface area contributed by atoms with E-state index in [9.17, 15) is 4.79 Å². The molecule has 0 amide bonds. The van der Waals surface area contributed by atoms with Gasteiger partial charge in [0.1, 0.15) is 6.61 Å². The maximum Gasteiger partial charge on any atom is 0.309 e. The molecule has 0 aliphatic heterocycles. The largest absolute Gasteiger partial charge is 0.461 e. The van der Waals surface area contributed by atoms with Crippen LogP contribution in [0, 0.1) is 11.8 Å². The molecule has 0 bridgehead atoms. The number of hydrogen-bond acceptors (Lipinski definition) is 3. The third-order valence-corrected chi connectivity index (χ3v) is 4.21. The summed E-state index contributed by atoms with van der Waals surface area (Å²) in [5, 5.41) is 0.634. The Labute approximate surface area is 119 Å². The van der Waals surface area contributed by atoms with Gasteiger partial charge in [0, 0.05) is 10.6 Å². The van der Waals surface area contributed by atoms with Gasteiger partial charge >= 0.3 is 5.97 Å². The first-order valence-electron chi connectivity index (χ1n) is 6.82. The Balaban J connectivity index is 1.92. The monoisotopic (exact) mass is 281 g/mol. The summed E-state index contributed by atoms with van der Waals surface area (Å²) >= 11 is 6.04. The lowest BCUT2D eigenvalue weighted by atomic mass is 9.79. The van der Waals surface area contributed by atoms with E-state index in [1.165, 1.54) is 0 Å². The van der Waals surface area contributed by atoms with Gasteiger partial charge < -0.3 is 10.5 Å². The standard InChI is InChI=1S/C15H20ClNO2/c16-14-8-4-2-6-12(14)10-19-15(18)13-7-3-1-5-11(13)9-17/h2,4,6,8,11,13H,1,3,5,7,9-10,17H2. The van der Waals surface area contributed by atoms with Gasteiger partial charge in [-0.05, 0) is 31.4 Å². The van der Waals surface area contributed by atoms with Crippen LogP contribution in [0.4, 0.5) is 0 Å². The highest BCUT2D eigenvalue weighted by atomic mass is 35.5. The molecule has 2 rings (SSSR count). The number of benzene rings is 1. The smallest absolute Gasteiger partial charge is 0.309 e. The molecule has 1 fully saturated rings. The minimum Gasteiger partial charge on any atom is -0.461 e. The molecule has 3 nitrogen and oxygen atoms in total. The lowest BCUT2D eigenvalue weighted by Crippen LogP contribution is -2.33. The molecule has 19 heavy (non-hydrogen) atoms. The predicted octanol–water partition coefficient (Wildman–Crippen LogP) is 3.15. The van der Waals surface area contributed by atoms with E-state index < -0.39 is 0 Å². The molecule has 0 aromatic heterocycles. The van der Waals surface area contributed by atoms with Crippen molar-refractivity contribution in [3.63, 3.8) is 0 Å². The Morgan fingerprint density at radius 3 is 2.79 bits per heavy atom. The number of ether oxygens (including phenoxy) is 1. The van der Waals surface area contributed by atoms with Crippen LogP contribution >= 0.6 is 11.6 Å². The number of hydrogen-bond donors (Lipinski definition) is 1. The second-order valence-corrected chi connectivity index (χ2v) is 5.49. The molecule has 1 saturated carbocycles. The van der Waals surface area contributed by atoms with Gasteiger partial charge in [-0.3, -0.25) is 4.79 Å². The zero-order chi connectivity index (χ0) is 13.7. The van der Waals surface area contributed by atoms with Gasteiger partial charge in [0.25, 0.3) is 0 Å². The Bertz CT molecular complexity index is 436. The van der Waals surface area contributed by atoms with Gasteiger partial charge in [0.05, 0.1) is 5.92 Å². The molecule has 2 atom stereocenters. The van der Waals surface area contributed by atoms with Crippen LogP contribution in [-0.2, 0) is 16.1 Å². The van der Waals surface area contributed by atoms with Gasteiger partial charge in [0.15, 0.2) is 0 Å². The van der Waals surface area contributed by atoms with Crippen LogP contribution in [0.5, 0.6) is 0 Å². The SMILES string of the molecule is NCC1CCCCC1C(=O)OCc1ccccc1Cl. The van der Waals surface area contributed by atoms with Crippen molar-refractivity contribution < 1.29 is 9.53 Å². The minimum atomic E-state index is -0.130. The lowest BCUT2D eigenvalue weighted by Gasteiger charge is -2.28. The quantitative estimate of drug-likeness (QED) is 0.863. The summed E-state index contributed by atoms with van der Waals surface area (Å²) in [6, 6.07) is 7.42. The molecule has 104 valence electrons. The first-order chi connectivity index (χ1) is 9.22. The summed E-state index contributed by atoms with van der Waals surface area (Å²) in [6.45, 7) is 0.804. The van der Waals surface area contributed by atoms with Crippen molar-refractivity contribution in [1.29, 1.82) is 0 Å². The fraction of sp³-hybridized carbons (Fsp3) is 0.533. The normalized spacial score (nSPS) is 23.1. The number of nitrogens with two attached hydrogens (primary N) is 1. The molecule has 0 radical (unpaired) electrons. The van der Waals surface area contributed by atoms with Crippen LogP contribution in [0.3, 0.4) is 0 Å². The van der Waals surface area contributed by atoms with Gasteiger partial charge in [-0.15, -0.1) is 0 Å². The molecular formula is C15H20ClNO2. The third-order valence-electron chi connectivity index (χ3n) is 3.84. The second kappa shape index (κ2) is 6.92. The minimum absolute atomic E-state index is 0.0405. The van der Waals surface area contributed by atoms with Crippen LogP contribution in [0.2, 0.25) is 5.02 Å². The van der Waals surface area contributed by atoms with Crippen molar-refractivity contribution in [3.8, 4) is 0 Å². The summed E-state index contributed by atoms with van der Waals surface area (Å²) in [7, 11) is 0. The maximum atomic E-state index is 12.1. The van der Waals surface area contributed by atoms with E-state index in [4.69, 9.17) is 22.1 Å². The molecule has 0 saturated heterocycles. The second-order valence-electron chi connectivity index (χ2n) is 5.09. The molecule has 2 N–H and O–H groups in total. The zero-order valence-corrected chi connectivity index (χ0v) is 11.7. The molecule has 0 heterocycles. The van der Waals surface area contributed by atoms with Crippen LogP contribution in [0.1, 0.15) is 31.2 Å². The molecule has 1 aliphatic carbocycles. The van der Waals surface area contributed by atoms with Crippen molar-refractivity contribution in [2.75, 3.05) is 6.54 Å². The Morgan fingerprint density at radius 2 is 2.05 bits per heavy atom. The highest BCUT2D eigenvalue weighted by Gasteiger charge is 2.31. The number of halogens is 1. The van der Waals surface area contributed by atoms with Crippen LogP contribution in [0.25, 0.3) is 0 Å². The summed E-state index contributed by atoms with van der Waals surface area (Å²) in [4.78, 5) is 12.1. The Kier molecular flexibility index (Phi) is 5.23.